The molecule has 0 unspecified atom stereocenters. The van der Waals surface area contributed by atoms with Gasteiger partial charge in [0.2, 0.25) is 0 Å². The predicted octanol–water partition coefficient (Wildman–Crippen LogP) is 4.40. The molecular weight excluding hydrogens is 258 g/mol. The van der Waals surface area contributed by atoms with Gasteiger partial charge < -0.3 is 15.5 Å². The molecule has 1 aliphatic heterocycles. The minimum Gasteiger partial charge on any atom is -0.388 e. The molecule has 1 aliphatic rings. The molecule has 3 heteroatoms. The van der Waals surface area contributed by atoms with Crippen molar-refractivity contribution < 1.29 is 0 Å². The van der Waals surface area contributed by atoms with Gasteiger partial charge in [-0.05, 0) is 41.1 Å². The van der Waals surface area contributed by atoms with Crippen LogP contribution in [0.25, 0.3) is 10.8 Å². The van der Waals surface area contributed by atoms with Gasteiger partial charge >= 0.3 is 0 Å². The zero-order chi connectivity index (χ0) is 14.2. The third-order valence-electron chi connectivity index (χ3n) is 4.05. The molecule has 3 aromatic rings. The van der Waals surface area contributed by atoms with E-state index in [9.17, 15) is 0 Å². The van der Waals surface area contributed by atoms with Crippen molar-refractivity contribution in [2.24, 2.45) is 0 Å². The first-order valence-electron chi connectivity index (χ1n) is 7.17. The van der Waals surface area contributed by atoms with Crippen LogP contribution >= 0.6 is 0 Å². The predicted molar refractivity (Wildman–Crippen MR) is 90.6 cm³/mol. The lowest BCUT2D eigenvalue weighted by Gasteiger charge is -2.19. The summed E-state index contributed by atoms with van der Waals surface area (Å²) >= 11 is 0. The van der Waals surface area contributed by atoms with Crippen LogP contribution in [-0.2, 0) is 0 Å². The van der Waals surface area contributed by atoms with E-state index in [0.717, 1.165) is 12.4 Å². The summed E-state index contributed by atoms with van der Waals surface area (Å²) in [6.07, 6.45) is 0. The van der Waals surface area contributed by atoms with Gasteiger partial charge in [0.25, 0.3) is 0 Å². The molecule has 0 aliphatic carbocycles. The maximum absolute atomic E-state index is 3.45. The highest BCUT2D eigenvalue weighted by Gasteiger charge is 2.20. The van der Waals surface area contributed by atoms with Gasteiger partial charge in [-0.1, -0.05) is 30.3 Å². The van der Waals surface area contributed by atoms with Crippen LogP contribution in [0.15, 0.2) is 60.7 Å². The van der Waals surface area contributed by atoms with E-state index in [2.05, 4.69) is 76.2 Å². The molecule has 0 amide bonds. The lowest BCUT2D eigenvalue weighted by Crippen LogP contribution is -2.16. The first-order valence-corrected chi connectivity index (χ1v) is 7.17. The van der Waals surface area contributed by atoms with Crippen LogP contribution in [0.3, 0.4) is 0 Å². The van der Waals surface area contributed by atoms with Gasteiger partial charge in [-0.2, -0.15) is 0 Å². The van der Waals surface area contributed by atoms with E-state index >= 15 is 0 Å². The standard InChI is InChI=1S/C18H17N3/c1-19-15-7-9-17-18(11-15)21(12-20-17)16-8-6-13-4-2-3-5-14(13)10-16/h2-11,19-20H,12H2,1H3. The van der Waals surface area contributed by atoms with Gasteiger partial charge in [-0.15, -0.1) is 0 Å². The molecule has 0 radical (unpaired) electrons. The van der Waals surface area contributed by atoms with Gasteiger partial charge in [-0.25, -0.2) is 0 Å². The summed E-state index contributed by atoms with van der Waals surface area (Å²) in [7, 11) is 1.95. The normalized spacial score (nSPS) is 13.1. The number of nitrogens with zero attached hydrogens (tertiary/aromatic N) is 1. The van der Waals surface area contributed by atoms with Crippen molar-refractivity contribution in [2.75, 3.05) is 29.2 Å². The minimum absolute atomic E-state index is 0.806. The molecule has 1 heterocycles. The number of fused-ring (bicyclic) bond motifs is 2. The molecule has 3 aromatic carbocycles. The highest BCUT2D eigenvalue weighted by molar-refractivity contribution is 5.90. The molecule has 104 valence electrons. The Morgan fingerprint density at radius 2 is 1.81 bits per heavy atom. The van der Waals surface area contributed by atoms with Crippen LogP contribution < -0.4 is 15.5 Å². The Kier molecular flexibility index (Phi) is 2.71. The molecule has 4 rings (SSSR count). The number of hydrogen-bond donors (Lipinski definition) is 2. The number of hydrogen-bond acceptors (Lipinski definition) is 3. The second kappa shape index (κ2) is 4.70. The Hall–Kier alpha value is -2.68. The summed E-state index contributed by atoms with van der Waals surface area (Å²) in [6, 6.07) is 21.5. The molecule has 21 heavy (non-hydrogen) atoms. The lowest BCUT2D eigenvalue weighted by molar-refractivity contribution is 1.10. The summed E-state index contributed by atoms with van der Waals surface area (Å²) in [5, 5.41) is 9.20. The van der Waals surface area contributed by atoms with Crippen LogP contribution in [0.4, 0.5) is 22.7 Å². The second-order valence-electron chi connectivity index (χ2n) is 5.28. The molecule has 0 bridgehead atoms. The molecule has 0 fully saturated rings. The van der Waals surface area contributed by atoms with Crippen LogP contribution in [-0.4, -0.2) is 13.7 Å². The van der Waals surface area contributed by atoms with Crippen molar-refractivity contribution >= 4 is 33.5 Å². The lowest BCUT2D eigenvalue weighted by atomic mass is 10.1. The Labute approximate surface area is 124 Å². The minimum atomic E-state index is 0.806. The van der Waals surface area contributed by atoms with E-state index in [-0.39, 0.29) is 0 Å². The molecule has 0 aromatic heterocycles. The molecule has 2 N–H and O–H groups in total. The topological polar surface area (TPSA) is 27.3 Å². The Morgan fingerprint density at radius 3 is 2.67 bits per heavy atom. The number of nitrogens with one attached hydrogen (secondary N) is 2. The van der Waals surface area contributed by atoms with Gasteiger partial charge in [0.1, 0.15) is 0 Å². The van der Waals surface area contributed by atoms with E-state index in [0.29, 0.717) is 0 Å². The fraction of sp³-hybridized carbons (Fsp3) is 0.111. The van der Waals surface area contributed by atoms with Crippen molar-refractivity contribution in [1.82, 2.24) is 0 Å². The highest BCUT2D eigenvalue weighted by Crippen LogP contribution is 2.39. The van der Waals surface area contributed by atoms with Crippen LogP contribution in [0.5, 0.6) is 0 Å². The van der Waals surface area contributed by atoms with Gasteiger partial charge in [0.15, 0.2) is 0 Å². The van der Waals surface area contributed by atoms with E-state index < -0.39 is 0 Å². The maximum atomic E-state index is 3.45. The Balaban J connectivity index is 1.80. The molecule has 0 saturated carbocycles. The van der Waals surface area contributed by atoms with Gasteiger partial charge in [0, 0.05) is 18.4 Å². The largest absolute Gasteiger partial charge is 0.388 e. The Bertz CT molecular complexity index is 810. The zero-order valence-corrected chi connectivity index (χ0v) is 11.9. The fourth-order valence-corrected chi connectivity index (χ4v) is 2.88. The highest BCUT2D eigenvalue weighted by atomic mass is 15.3. The molecule has 0 saturated heterocycles. The third kappa shape index (κ3) is 1.98. The molecule has 0 atom stereocenters. The number of rotatable bonds is 2. The smallest absolute Gasteiger partial charge is 0.0926 e. The first-order chi connectivity index (χ1) is 10.3. The SMILES string of the molecule is CNc1ccc2c(c1)N(c1ccc3ccccc3c1)CN2. The quantitative estimate of drug-likeness (QED) is 0.725. The van der Waals surface area contributed by atoms with Crippen LogP contribution in [0, 0.1) is 0 Å². The van der Waals surface area contributed by atoms with Crippen molar-refractivity contribution in [3.05, 3.63) is 60.7 Å². The second-order valence-corrected chi connectivity index (χ2v) is 5.28. The van der Waals surface area contributed by atoms with E-state index in [1.807, 2.05) is 7.05 Å². The molecule has 3 nitrogen and oxygen atoms in total. The van der Waals surface area contributed by atoms with Crippen LogP contribution in [0.2, 0.25) is 0 Å². The first kappa shape index (κ1) is 12.1. The average molecular weight is 275 g/mol. The third-order valence-corrected chi connectivity index (χ3v) is 4.05. The molecule has 0 spiro atoms. The summed E-state index contributed by atoms with van der Waals surface area (Å²) in [5.74, 6) is 0. The van der Waals surface area contributed by atoms with Crippen LogP contribution in [0.1, 0.15) is 0 Å². The monoisotopic (exact) mass is 275 g/mol. The summed E-state index contributed by atoms with van der Waals surface area (Å²) in [5.41, 5.74) is 4.75. The van der Waals surface area contributed by atoms with Crippen molar-refractivity contribution in [2.45, 2.75) is 0 Å². The van der Waals surface area contributed by atoms with E-state index in [1.165, 1.54) is 27.8 Å². The number of anilines is 4. The van der Waals surface area contributed by atoms with Crippen molar-refractivity contribution in [3.8, 4) is 0 Å². The number of benzene rings is 3. The zero-order valence-electron chi connectivity index (χ0n) is 11.9. The van der Waals surface area contributed by atoms with Gasteiger partial charge in [-0.3, -0.25) is 0 Å². The van der Waals surface area contributed by atoms with E-state index in [4.69, 9.17) is 0 Å². The van der Waals surface area contributed by atoms with Crippen molar-refractivity contribution in [3.63, 3.8) is 0 Å². The molecular formula is C18H17N3. The maximum Gasteiger partial charge on any atom is 0.0926 e. The van der Waals surface area contributed by atoms with E-state index in [1.54, 1.807) is 0 Å². The van der Waals surface area contributed by atoms with Crippen molar-refractivity contribution in [1.29, 1.82) is 0 Å². The average Bonchev–Trinajstić information content (AvgIpc) is 2.97. The summed E-state index contributed by atoms with van der Waals surface area (Å²) in [4.78, 5) is 2.31. The van der Waals surface area contributed by atoms with Gasteiger partial charge in [0.05, 0.1) is 18.0 Å². The summed E-state index contributed by atoms with van der Waals surface area (Å²) < 4.78 is 0. The Morgan fingerprint density at radius 1 is 0.952 bits per heavy atom. The fourth-order valence-electron chi connectivity index (χ4n) is 2.88. The summed E-state index contributed by atoms with van der Waals surface area (Å²) in [6.45, 7) is 0.806.